The highest BCUT2D eigenvalue weighted by molar-refractivity contribution is 6.22. The van der Waals surface area contributed by atoms with Gasteiger partial charge in [0.1, 0.15) is 0 Å². The van der Waals surface area contributed by atoms with Crippen molar-refractivity contribution in [3.8, 4) is 0 Å². The SMILES string of the molecule is CC(CCl)(CCl)Nc1ccccc1C(F)(F)F. The molecular weight excluding hydrogens is 274 g/mol. The van der Waals surface area contributed by atoms with E-state index >= 15 is 0 Å². The number of para-hydroxylation sites is 1. The zero-order valence-corrected chi connectivity index (χ0v) is 10.6. The summed E-state index contributed by atoms with van der Waals surface area (Å²) in [6.45, 7) is 1.67. The fourth-order valence-electron chi connectivity index (χ4n) is 1.27. The van der Waals surface area contributed by atoms with E-state index in [-0.39, 0.29) is 17.4 Å². The number of alkyl halides is 5. The van der Waals surface area contributed by atoms with E-state index in [4.69, 9.17) is 23.2 Å². The molecular formula is C11H12Cl2F3N. The minimum atomic E-state index is -4.40. The molecule has 1 N–H and O–H groups in total. The standard InChI is InChI=1S/C11H12Cl2F3N/c1-10(6-12,7-13)17-9-5-3-2-4-8(9)11(14,15)16/h2-5,17H,6-7H2,1H3. The Morgan fingerprint density at radius 1 is 1.12 bits per heavy atom. The van der Waals surface area contributed by atoms with Crippen LogP contribution in [-0.4, -0.2) is 17.3 Å². The molecule has 96 valence electrons. The van der Waals surface area contributed by atoms with Gasteiger partial charge in [-0.25, -0.2) is 0 Å². The van der Waals surface area contributed by atoms with Gasteiger partial charge in [0.05, 0.1) is 11.1 Å². The van der Waals surface area contributed by atoms with Crippen molar-refractivity contribution in [3.05, 3.63) is 29.8 Å². The summed E-state index contributed by atoms with van der Waals surface area (Å²) in [5.41, 5.74) is -1.50. The summed E-state index contributed by atoms with van der Waals surface area (Å²) >= 11 is 11.4. The molecule has 6 heteroatoms. The minimum Gasteiger partial charge on any atom is -0.377 e. The van der Waals surface area contributed by atoms with E-state index < -0.39 is 17.3 Å². The van der Waals surface area contributed by atoms with Crippen LogP contribution in [0.1, 0.15) is 12.5 Å². The quantitative estimate of drug-likeness (QED) is 0.811. The van der Waals surface area contributed by atoms with Crippen molar-refractivity contribution < 1.29 is 13.2 Å². The lowest BCUT2D eigenvalue weighted by Gasteiger charge is -2.28. The van der Waals surface area contributed by atoms with E-state index in [9.17, 15) is 13.2 Å². The van der Waals surface area contributed by atoms with Gasteiger partial charge in [-0.15, -0.1) is 23.2 Å². The van der Waals surface area contributed by atoms with Gasteiger partial charge in [-0.2, -0.15) is 13.2 Å². The zero-order chi connectivity index (χ0) is 13.1. The Hall–Kier alpha value is -0.610. The number of benzene rings is 1. The van der Waals surface area contributed by atoms with Crippen LogP contribution in [-0.2, 0) is 6.18 Å². The summed E-state index contributed by atoms with van der Waals surface area (Å²) in [5.74, 6) is 0.228. The lowest BCUT2D eigenvalue weighted by molar-refractivity contribution is -0.137. The molecule has 0 aliphatic carbocycles. The number of hydrogen-bond acceptors (Lipinski definition) is 1. The number of anilines is 1. The third-order valence-corrected chi connectivity index (χ3v) is 3.44. The van der Waals surface area contributed by atoms with Crippen molar-refractivity contribution in [2.45, 2.75) is 18.6 Å². The van der Waals surface area contributed by atoms with Crippen LogP contribution in [0.25, 0.3) is 0 Å². The minimum absolute atomic E-state index is 0.0104. The summed E-state index contributed by atoms with van der Waals surface area (Å²) in [4.78, 5) is 0. The highest BCUT2D eigenvalue weighted by Crippen LogP contribution is 2.35. The Morgan fingerprint density at radius 3 is 2.12 bits per heavy atom. The largest absolute Gasteiger partial charge is 0.418 e. The summed E-state index contributed by atoms with van der Waals surface area (Å²) in [5, 5.41) is 2.75. The highest BCUT2D eigenvalue weighted by Gasteiger charge is 2.34. The summed E-state index contributed by atoms with van der Waals surface area (Å²) in [7, 11) is 0. The van der Waals surface area contributed by atoms with E-state index in [1.807, 2.05) is 0 Å². The first-order chi connectivity index (χ1) is 7.82. The Balaban J connectivity index is 3.07. The molecule has 0 unspecified atom stereocenters. The third-order valence-electron chi connectivity index (χ3n) is 2.26. The fraction of sp³-hybridized carbons (Fsp3) is 0.455. The normalized spacial score (nSPS) is 12.6. The van der Waals surface area contributed by atoms with Crippen LogP contribution in [0.3, 0.4) is 0 Å². The number of nitrogens with one attached hydrogen (secondary N) is 1. The Kier molecular flexibility index (Phi) is 4.55. The molecule has 0 bridgehead atoms. The van der Waals surface area contributed by atoms with E-state index in [0.717, 1.165) is 6.07 Å². The van der Waals surface area contributed by atoms with Crippen molar-refractivity contribution in [2.24, 2.45) is 0 Å². The van der Waals surface area contributed by atoms with Crippen molar-refractivity contribution in [2.75, 3.05) is 17.1 Å². The van der Waals surface area contributed by atoms with Gasteiger partial charge in [0.15, 0.2) is 0 Å². The molecule has 0 saturated heterocycles. The van der Waals surface area contributed by atoms with E-state index in [0.29, 0.717) is 0 Å². The fourth-order valence-corrected chi connectivity index (χ4v) is 1.69. The van der Waals surface area contributed by atoms with Gasteiger partial charge in [0, 0.05) is 17.4 Å². The van der Waals surface area contributed by atoms with Gasteiger partial charge in [-0.1, -0.05) is 12.1 Å². The molecule has 0 heterocycles. The Morgan fingerprint density at radius 2 is 1.65 bits per heavy atom. The maximum Gasteiger partial charge on any atom is 0.418 e. The van der Waals surface area contributed by atoms with Crippen LogP contribution in [0.5, 0.6) is 0 Å². The maximum atomic E-state index is 12.7. The lowest BCUT2D eigenvalue weighted by atomic mass is 10.1. The summed E-state index contributed by atoms with van der Waals surface area (Å²) in [6.07, 6.45) is -4.40. The van der Waals surface area contributed by atoms with Gasteiger partial charge < -0.3 is 5.32 Å². The second kappa shape index (κ2) is 5.36. The molecule has 0 amide bonds. The van der Waals surface area contributed by atoms with Crippen LogP contribution in [0.2, 0.25) is 0 Å². The van der Waals surface area contributed by atoms with E-state index in [1.54, 1.807) is 6.92 Å². The molecule has 0 radical (unpaired) electrons. The molecule has 1 aromatic carbocycles. The van der Waals surface area contributed by atoms with Crippen LogP contribution in [0.4, 0.5) is 18.9 Å². The topological polar surface area (TPSA) is 12.0 Å². The van der Waals surface area contributed by atoms with Crippen LogP contribution >= 0.6 is 23.2 Å². The number of rotatable bonds is 4. The molecule has 1 rings (SSSR count). The predicted molar refractivity (Wildman–Crippen MR) is 64.9 cm³/mol. The van der Waals surface area contributed by atoms with Crippen molar-refractivity contribution in [1.29, 1.82) is 0 Å². The molecule has 0 spiro atoms. The van der Waals surface area contributed by atoms with Gasteiger partial charge in [-0.3, -0.25) is 0 Å². The van der Waals surface area contributed by atoms with Gasteiger partial charge in [0.25, 0.3) is 0 Å². The van der Waals surface area contributed by atoms with Gasteiger partial charge in [-0.05, 0) is 19.1 Å². The molecule has 0 aliphatic rings. The van der Waals surface area contributed by atoms with Crippen molar-refractivity contribution >= 4 is 28.9 Å². The summed E-state index contributed by atoms with van der Waals surface area (Å²) in [6, 6.07) is 5.25. The average Bonchev–Trinajstić information content (AvgIpc) is 2.28. The van der Waals surface area contributed by atoms with Gasteiger partial charge >= 0.3 is 6.18 Å². The van der Waals surface area contributed by atoms with Crippen LogP contribution in [0, 0.1) is 0 Å². The average molecular weight is 286 g/mol. The number of halogens is 5. The predicted octanol–water partition coefficient (Wildman–Crippen LogP) is 4.35. The Bertz CT molecular complexity index is 375. The van der Waals surface area contributed by atoms with Gasteiger partial charge in [0.2, 0.25) is 0 Å². The van der Waals surface area contributed by atoms with Crippen molar-refractivity contribution in [1.82, 2.24) is 0 Å². The highest BCUT2D eigenvalue weighted by atomic mass is 35.5. The second-order valence-corrected chi connectivity index (χ2v) is 4.53. The molecule has 0 saturated carbocycles. The van der Waals surface area contributed by atoms with Crippen molar-refractivity contribution in [3.63, 3.8) is 0 Å². The molecule has 0 fully saturated rings. The third kappa shape index (κ3) is 3.68. The second-order valence-electron chi connectivity index (χ2n) is 4.00. The molecule has 17 heavy (non-hydrogen) atoms. The zero-order valence-electron chi connectivity index (χ0n) is 9.11. The monoisotopic (exact) mass is 285 g/mol. The molecule has 1 nitrogen and oxygen atoms in total. The first-order valence-corrected chi connectivity index (χ1v) is 5.95. The van der Waals surface area contributed by atoms with E-state index in [2.05, 4.69) is 5.32 Å². The van der Waals surface area contributed by atoms with Crippen LogP contribution < -0.4 is 5.32 Å². The lowest BCUT2D eigenvalue weighted by Crippen LogP contribution is -2.39. The molecule has 0 aliphatic heterocycles. The maximum absolute atomic E-state index is 12.7. The molecule has 0 aromatic heterocycles. The smallest absolute Gasteiger partial charge is 0.377 e. The molecule has 0 atom stereocenters. The van der Waals surface area contributed by atoms with E-state index in [1.165, 1.54) is 18.2 Å². The number of hydrogen-bond donors (Lipinski definition) is 1. The Labute approximate surface area is 108 Å². The molecule has 1 aromatic rings. The summed E-state index contributed by atoms with van der Waals surface area (Å²) < 4.78 is 38.2. The van der Waals surface area contributed by atoms with Crippen LogP contribution in [0.15, 0.2) is 24.3 Å². The first-order valence-electron chi connectivity index (χ1n) is 4.89. The first kappa shape index (κ1) is 14.5.